The topological polar surface area (TPSA) is 26.3 Å². The Morgan fingerprint density at radius 3 is 1.92 bits per heavy atom. The molecule has 0 fully saturated rings. The van der Waals surface area contributed by atoms with E-state index in [0.717, 1.165) is 15.3 Å². The van der Waals surface area contributed by atoms with Crippen molar-refractivity contribution in [2.45, 2.75) is 6.92 Å². The van der Waals surface area contributed by atoms with Crippen LogP contribution in [0.2, 0.25) is 0 Å². The molecule has 2 aromatic carbocycles. The maximum absolute atomic E-state index is 12.1. The molecule has 0 unspecified atom stereocenters. The number of rotatable bonds is 4. The lowest BCUT2D eigenvalue weighted by molar-refractivity contribution is -0.137. The van der Waals surface area contributed by atoms with Gasteiger partial charge in [0.05, 0.1) is 6.61 Å². The third kappa shape index (κ3) is 3.23. The van der Waals surface area contributed by atoms with Gasteiger partial charge in [-0.25, -0.2) is 4.79 Å². The molecule has 0 aliphatic carbocycles. The number of carbonyl (C=O) groups excluding carboxylic acids is 1. The second-order valence-corrected chi connectivity index (χ2v) is 7.77. The van der Waals surface area contributed by atoms with Crippen molar-refractivity contribution in [1.29, 1.82) is 0 Å². The first-order valence-corrected chi connectivity index (χ1v) is 9.74. The van der Waals surface area contributed by atoms with E-state index in [9.17, 15) is 4.79 Å². The number of benzene rings is 2. The van der Waals surface area contributed by atoms with Crippen LogP contribution >= 0.6 is 22.7 Å². The van der Waals surface area contributed by atoms with Crippen molar-refractivity contribution in [2.24, 2.45) is 0 Å². The fourth-order valence-electron chi connectivity index (χ4n) is 2.79. The Hall–Kier alpha value is -2.43. The average Bonchev–Trinajstić information content (AvgIpc) is 3.23. The molecule has 0 aliphatic rings. The highest BCUT2D eigenvalue weighted by molar-refractivity contribution is 7.22. The molecule has 0 saturated heterocycles. The molecule has 0 spiro atoms. The summed E-state index contributed by atoms with van der Waals surface area (Å²) < 4.78 is 7.59. The first-order valence-electron chi connectivity index (χ1n) is 8.11. The molecule has 124 valence electrons. The molecular weight excluding hydrogens is 348 g/mol. The van der Waals surface area contributed by atoms with E-state index in [2.05, 4.69) is 36.4 Å². The maximum Gasteiger partial charge on any atom is 0.331 e. The molecule has 25 heavy (non-hydrogen) atoms. The fraction of sp³-hybridized carbons (Fsp3) is 0.0952. The van der Waals surface area contributed by atoms with E-state index in [4.69, 9.17) is 4.74 Å². The van der Waals surface area contributed by atoms with E-state index in [1.165, 1.54) is 20.2 Å². The zero-order chi connectivity index (χ0) is 17.2. The van der Waals surface area contributed by atoms with E-state index in [0.29, 0.717) is 6.61 Å². The molecule has 2 aromatic heterocycles. The van der Waals surface area contributed by atoms with Crippen LogP contribution in [0.25, 0.3) is 25.7 Å². The number of hydrogen-bond donors (Lipinski definition) is 0. The van der Waals surface area contributed by atoms with Crippen molar-refractivity contribution in [1.82, 2.24) is 0 Å². The van der Waals surface area contributed by atoms with Gasteiger partial charge in [-0.05, 0) is 42.0 Å². The van der Waals surface area contributed by atoms with Gasteiger partial charge in [0, 0.05) is 30.8 Å². The van der Waals surface area contributed by atoms with Gasteiger partial charge in [0.15, 0.2) is 0 Å². The van der Waals surface area contributed by atoms with E-state index < -0.39 is 0 Å². The molecule has 0 amide bonds. The lowest BCUT2D eigenvalue weighted by Crippen LogP contribution is -2.00. The normalized spacial score (nSPS) is 10.9. The van der Waals surface area contributed by atoms with Crippen LogP contribution in [0.3, 0.4) is 0 Å². The van der Waals surface area contributed by atoms with Crippen LogP contribution in [0, 0.1) is 0 Å². The lowest BCUT2D eigenvalue weighted by atomic mass is 10.1. The van der Waals surface area contributed by atoms with Gasteiger partial charge in [0.1, 0.15) is 0 Å². The standard InChI is InChI=1S/C21H16O2S2/c1-2-23-21(22)13-16(19-11-14-7-3-5-9-17(14)24-19)20-12-15-8-4-6-10-18(15)25-20/h3-13H,2H2,1H3. The first kappa shape index (κ1) is 16.1. The van der Waals surface area contributed by atoms with Gasteiger partial charge in [0.2, 0.25) is 0 Å². The largest absolute Gasteiger partial charge is 0.463 e. The summed E-state index contributed by atoms with van der Waals surface area (Å²) in [5.74, 6) is -0.299. The Kier molecular flexibility index (Phi) is 4.38. The molecule has 0 aliphatic heterocycles. The van der Waals surface area contributed by atoms with Crippen LogP contribution in [0.5, 0.6) is 0 Å². The summed E-state index contributed by atoms with van der Waals surface area (Å²) >= 11 is 3.40. The molecule has 4 heteroatoms. The SMILES string of the molecule is CCOC(=O)C=C(c1cc2ccccc2s1)c1cc2ccccc2s1. The summed E-state index contributed by atoms with van der Waals surface area (Å²) in [5, 5.41) is 2.39. The Morgan fingerprint density at radius 1 is 0.920 bits per heavy atom. The predicted molar refractivity (Wildman–Crippen MR) is 107 cm³/mol. The summed E-state index contributed by atoms with van der Waals surface area (Å²) in [6.07, 6.45) is 1.62. The predicted octanol–water partition coefficient (Wildman–Crippen LogP) is 6.11. The molecule has 0 N–H and O–H groups in total. The van der Waals surface area contributed by atoms with Crippen LogP contribution < -0.4 is 0 Å². The van der Waals surface area contributed by atoms with Crippen molar-refractivity contribution in [3.05, 3.63) is 76.5 Å². The van der Waals surface area contributed by atoms with E-state index in [1.807, 2.05) is 31.2 Å². The summed E-state index contributed by atoms with van der Waals surface area (Å²) in [7, 11) is 0. The third-order valence-electron chi connectivity index (χ3n) is 3.93. The molecule has 2 heterocycles. The molecule has 0 bridgehead atoms. The number of hydrogen-bond acceptors (Lipinski definition) is 4. The van der Waals surface area contributed by atoms with E-state index in [-0.39, 0.29) is 5.97 Å². The average molecular weight is 364 g/mol. The van der Waals surface area contributed by atoms with Gasteiger partial charge < -0.3 is 4.74 Å². The summed E-state index contributed by atoms with van der Waals surface area (Å²) in [6.45, 7) is 2.20. The molecule has 0 radical (unpaired) electrons. The lowest BCUT2D eigenvalue weighted by Gasteiger charge is -2.03. The highest BCUT2D eigenvalue weighted by Gasteiger charge is 2.14. The van der Waals surface area contributed by atoms with Gasteiger partial charge in [-0.15, -0.1) is 22.7 Å². The Morgan fingerprint density at radius 2 is 1.44 bits per heavy atom. The molecular formula is C21H16O2S2. The maximum atomic E-state index is 12.1. The minimum absolute atomic E-state index is 0.299. The van der Waals surface area contributed by atoms with Gasteiger partial charge in [-0.3, -0.25) is 0 Å². The summed E-state index contributed by atoms with van der Waals surface area (Å²) in [4.78, 5) is 14.3. The highest BCUT2D eigenvalue weighted by Crippen LogP contribution is 2.38. The number of fused-ring (bicyclic) bond motifs is 2. The highest BCUT2D eigenvalue weighted by atomic mass is 32.1. The van der Waals surface area contributed by atoms with Gasteiger partial charge in [-0.2, -0.15) is 0 Å². The number of carbonyl (C=O) groups is 1. The van der Waals surface area contributed by atoms with Crippen LogP contribution in [-0.4, -0.2) is 12.6 Å². The first-order chi connectivity index (χ1) is 12.2. The Balaban J connectivity index is 1.87. The number of ether oxygens (including phenoxy) is 1. The molecule has 2 nitrogen and oxygen atoms in total. The fourth-order valence-corrected chi connectivity index (χ4v) is 5.05. The third-order valence-corrected chi connectivity index (χ3v) is 6.23. The zero-order valence-electron chi connectivity index (χ0n) is 13.7. The second-order valence-electron chi connectivity index (χ2n) is 5.61. The quantitative estimate of drug-likeness (QED) is 0.322. The minimum Gasteiger partial charge on any atom is -0.463 e. The Labute approximate surface area is 154 Å². The monoisotopic (exact) mass is 364 g/mol. The van der Waals surface area contributed by atoms with Crippen LogP contribution in [-0.2, 0) is 9.53 Å². The molecule has 4 rings (SSSR count). The number of esters is 1. The van der Waals surface area contributed by atoms with Gasteiger partial charge in [0.25, 0.3) is 0 Å². The summed E-state index contributed by atoms with van der Waals surface area (Å²) in [6, 6.07) is 20.9. The van der Waals surface area contributed by atoms with Crippen LogP contribution in [0.15, 0.2) is 66.7 Å². The number of thiophene rings is 2. The van der Waals surface area contributed by atoms with Crippen molar-refractivity contribution < 1.29 is 9.53 Å². The Bertz CT molecular complexity index is 943. The molecule has 0 atom stereocenters. The van der Waals surface area contributed by atoms with Crippen molar-refractivity contribution in [3.8, 4) is 0 Å². The zero-order valence-corrected chi connectivity index (χ0v) is 15.3. The van der Waals surface area contributed by atoms with Gasteiger partial charge in [-0.1, -0.05) is 36.4 Å². The summed E-state index contributed by atoms with van der Waals surface area (Å²) in [5.41, 5.74) is 0.931. The smallest absolute Gasteiger partial charge is 0.331 e. The van der Waals surface area contributed by atoms with Crippen molar-refractivity contribution in [3.63, 3.8) is 0 Å². The van der Waals surface area contributed by atoms with Crippen molar-refractivity contribution >= 4 is 54.4 Å². The van der Waals surface area contributed by atoms with E-state index in [1.54, 1.807) is 28.7 Å². The molecule has 0 saturated carbocycles. The van der Waals surface area contributed by atoms with Gasteiger partial charge >= 0.3 is 5.97 Å². The van der Waals surface area contributed by atoms with Crippen LogP contribution in [0.4, 0.5) is 0 Å². The minimum atomic E-state index is -0.299. The van der Waals surface area contributed by atoms with Crippen molar-refractivity contribution in [2.75, 3.05) is 6.61 Å². The second kappa shape index (κ2) is 6.82. The molecule has 4 aromatic rings. The van der Waals surface area contributed by atoms with E-state index >= 15 is 0 Å². The van der Waals surface area contributed by atoms with Crippen LogP contribution in [0.1, 0.15) is 16.7 Å².